The van der Waals surface area contributed by atoms with Gasteiger partial charge in [0, 0.05) is 6.20 Å². The molecule has 98 valence electrons. The van der Waals surface area contributed by atoms with Crippen molar-refractivity contribution in [1.29, 1.82) is 5.41 Å². The highest BCUT2D eigenvalue weighted by molar-refractivity contribution is 5.96. The molecule has 0 bridgehead atoms. The van der Waals surface area contributed by atoms with Crippen LogP contribution in [0.5, 0.6) is 11.6 Å². The number of pyridine rings is 1. The number of nitrogens with zero attached hydrogens (tertiary/aromatic N) is 1. The molecule has 5 nitrogen and oxygen atoms in total. The number of ether oxygens (including phenoxy) is 2. The third kappa shape index (κ3) is 3.22. The number of amidine groups is 1. The zero-order chi connectivity index (χ0) is 13.7. The van der Waals surface area contributed by atoms with Gasteiger partial charge in [0.15, 0.2) is 0 Å². The second kappa shape index (κ2) is 5.86. The fraction of sp³-hybridized carbons (Fsp3) is 0.143. The number of rotatable bonds is 5. The highest BCUT2D eigenvalue weighted by Crippen LogP contribution is 2.16. The molecule has 0 radical (unpaired) electrons. The summed E-state index contributed by atoms with van der Waals surface area (Å²) >= 11 is 0. The molecular weight excluding hydrogens is 242 g/mol. The molecule has 0 atom stereocenters. The van der Waals surface area contributed by atoms with Crippen LogP contribution in [-0.2, 0) is 6.61 Å². The van der Waals surface area contributed by atoms with Crippen molar-refractivity contribution in [2.24, 2.45) is 5.73 Å². The first-order valence-corrected chi connectivity index (χ1v) is 5.76. The van der Waals surface area contributed by atoms with E-state index in [1.165, 1.54) is 0 Å². The Morgan fingerprint density at radius 1 is 1.26 bits per heavy atom. The molecule has 0 aliphatic carbocycles. The zero-order valence-electron chi connectivity index (χ0n) is 10.6. The first kappa shape index (κ1) is 12.9. The highest BCUT2D eigenvalue weighted by atomic mass is 16.5. The van der Waals surface area contributed by atoms with Gasteiger partial charge in [0.05, 0.1) is 12.7 Å². The van der Waals surface area contributed by atoms with Crippen LogP contribution in [0.3, 0.4) is 0 Å². The van der Waals surface area contributed by atoms with Gasteiger partial charge in [0.2, 0.25) is 5.88 Å². The fourth-order valence-electron chi connectivity index (χ4n) is 1.58. The summed E-state index contributed by atoms with van der Waals surface area (Å²) in [5.41, 5.74) is 6.95. The summed E-state index contributed by atoms with van der Waals surface area (Å²) in [6, 6.07) is 11.0. The van der Waals surface area contributed by atoms with Crippen molar-refractivity contribution >= 4 is 5.84 Å². The van der Waals surface area contributed by atoms with Crippen molar-refractivity contribution in [3.05, 3.63) is 53.7 Å². The summed E-state index contributed by atoms with van der Waals surface area (Å²) in [5, 5.41) is 7.45. The summed E-state index contributed by atoms with van der Waals surface area (Å²) < 4.78 is 10.7. The number of nitrogens with one attached hydrogen (secondary N) is 1. The van der Waals surface area contributed by atoms with Gasteiger partial charge >= 0.3 is 0 Å². The van der Waals surface area contributed by atoms with E-state index < -0.39 is 0 Å². The molecule has 2 aromatic rings. The van der Waals surface area contributed by atoms with Crippen LogP contribution < -0.4 is 15.2 Å². The molecule has 0 unspecified atom stereocenters. The monoisotopic (exact) mass is 257 g/mol. The van der Waals surface area contributed by atoms with E-state index >= 15 is 0 Å². The van der Waals surface area contributed by atoms with Gasteiger partial charge in [-0.2, -0.15) is 0 Å². The van der Waals surface area contributed by atoms with Crippen molar-refractivity contribution in [3.8, 4) is 11.6 Å². The normalized spacial score (nSPS) is 9.95. The molecule has 0 spiro atoms. The summed E-state index contributed by atoms with van der Waals surface area (Å²) in [4.78, 5) is 4.08. The molecule has 2 rings (SSSR count). The number of methoxy groups -OCH3 is 1. The van der Waals surface area contributed by atoms with Crippen LogP contribution in [0.15, 0.2) is 42.6 Å². The number of nitrogens with two attached hydrogens (primary N) is 1. The minimum Gasteiger partial charge on any atom is -0.497 e. The molecule has 1 aromatic heterocycles. The Morgan fingerprint density at radius 2 is 2.00 bits per heavy atom. The number of nitrogen functional groups attached to an aromatic ring is 1. The largest absolute Gasteiger partial charge is 0.497 e. The van der Waals surface area contributed by atoms with E-state index in [1.54, 1.807) is 25.4 Å². The molecule has 1 aromatic carbocycles. The van der Waals surface area contributed by atoms with Gasteiger partial charge < -0.3 is 15.2 Å². The van der Waals surface area contributed by atoms with Gasteiger partial charge in [-0.1, -0.05) is 12.1 Å². The Bertz CT molecular complexity index is 567. The highest BCUT2D eigenvalue weighted by Gasteiger charge is 2.07. The predicted octanol–water partition coefficient (Wildman–Crippen LogP) is 1.95. The average molecular weight is 257 g/mol. The maximum atomic E-state index is 7.45. The lowest BCUT2D eigenvalue weighted by atomic mass is 10.2. The van der Waals surface area contributed by atoms with Gasteiger partial charge in [-0.15, -0.1) is 0 Å². The summed E-state index contributed by atoms with van der Waals surface area (Å²) in [7, 11) is 1.62. The van der Waals surface area contributed by atoms with Crippen LogP contribution in [-0.4, -0.2) is 17.9 Å². The summed E-state index contributed by atoms with van der Waals surface area (Å²) in [6.07, 6.45) is 1.61. The quantitative estimate of drug-likeness (QED) is 0.633. The number of hydrogen-bond acceptors (Lipinski definition) is 4. The smallest absolute Gasteiger partial charge is 0.224 e. The van der Waals surface area contributed by atoms with Crippen LogP contribution in [0.4, 0.5) is 0 Å². The molecule has 0 aliphatic heterocycles. The van der Waals surface area contributed by atoms with E-state index in [0.717, 1.165) is 11.3 Å². The lowest BCUT2D eigenvalue weighted by Crippen LogP contribution is -2.13. The predicted molar refractivity (Wildman–Crippen MR) is 72.6 cm³/mol. The van der Waals surface area contributed by atoms with E-state index in [0.29, 0.717) is 18.1 Å². The zero-order valence-corrected chi connectivity index (χ0v) is 10.6. The van der Waals surface area contributed by atoms with E-state index in [-0.39, 0.29) is 5.84 Å². The van der Waals surface area contributed by atoms with Gasteiger partial charge in [-0.3, -0.25) is 5.41 Å². The van der Waals surface area contributed by atoms with Crippen molar-refractivity contribution < 1.29 is 9.47 Å². The van der Waals surface area contributed by atoms with Crippen molar-refractivity contribution in [2.75, 3.05) is 7.11 Å². The molecule has 0 saturated heterocycles. The van der Waals surface area contributed by atoms with Gasteiger partial charge in [-0.05, 0) is 29.8 Å². The second-order valence-electron chi connectivity index (χ2n) is 3.91. The Labute approximate surface area is 111 Å². The molecule has 0 amide bonds. The number of benzene rings is 1. The van der Waals surface area contributed by atoms with Gasteiger partial charge in [-0.25, -0.2) is 4.98 Å². The minimum atomic E-state index is -0.0576. The maximum absolute atomic E-state index is 7.45. The average Bonchev–Trinajstić information content (AvgIpc) is 2.46. The van der Waals surface area contributed by atoms with E-state index in [2.05, 4.69) is 4.98 Å². The topological polar surface area (TPSA) is 81.2 Å². The Balaban J connectivity index is 2.07. The molecule has 3 N–H and O–H groups in total. The van der Waals surface area contributed by atoms with Crippen molar-refractivity contribution in [2.45, 2.75) is 6.61 Å². The van der Waals surface area contributed by atoms with E-state index in [4.69, 9.17) is 20.6 Å². The lowest BCUT2D eigenvalue weighted by molar-refractivity contribution is 0.293. The van der Waals surface area contributed by atoms with Crippen LogP contribution in [0.2, 0.25) is 0 Å². The maximum Gasteiger partial charge on any atom is 0.224 e. The van der Waals surface area contributed by atoms with Crippen molar-refractivity contribution in [3.63, 3.8) is 0 Å². The molecule has 1 heterocycles. The summed E-state index contributed by atoms with van der Waals surface area (Å²) in [6.45, 7) is 0.362. The van der Waals surface area contributed by atoms with Gasteiger partial charge in [0.25, 0.3) is 0 Å². The minimum absolute atomic E-state index is 0.0576. The van der Waals surface area contributed by atoms with E-state index in [9.17, 15) is 0 Å². The lowest BCUT2D eigenvalue weighted by Gasteiger charge is -2.09. The molecule has 0 saturated carbocycles. The number of aromatic nitrogens is 1. The fourth-order valence-corrected chi connectivity index (χ4v) is 1.58. The Hall–Kier alpha value is -2.56. The number of hydrogen-bond donors (Lipinski definition) is 2. The van der Waals surface area contributed by atoms with Crippen LogP contribution >= 0.6 is 0 Å². The Kier molecular flexibility index (Phi) is 3.97. The Morgan fingerprint density at radius 3 is 2.63 bits per heavy atom. The first-order valence-electron chi connectivity index (χ1n) is 5.76. The molecule has 19 heavy (non-hydrogen) atoms. The van der Waals surface area contributed by atoms with Crippen LogP contribution in [0.25, 0.3) is 0 Å². The van der Waals surface area contributed by atoms with Gasteiger partial charge in [0.1, 0.15) is 18.2 Å². The molecular formula is C14H15N3O2. The molecule has 0 aliphatic rings. The van der Waals surface area contributed by atoms with Crippen LogP contribution in [0.1, 0.15) is 11.1 Å². The third-order valence-corrected chi connectivity index (χ3v) is 2.60. The van der Waals surface area contributed by atoms with Crippen molar-refractivity contribution in [1.82, 2.24) is 4.98 Å². The summed E-state index contributed by atoms with van der Waals surface area (Å²) in [5.74, 6) is 1.11. The van der Waals surface area contributed by atoms with E-state index in [1.807, 2.05) is 24.3 Å². The van der Waals surface area contributed by atoms with Crippen LogP contribution in [0, 0.1) is 5.41 Å². The standard InChI is InChI=1S/C14H15N3O2/c1-18-11-6-4-10(5-7-11)9-19-14-12(13(15)16)3-2-8-17-14/h2-8H,9H2,1H3,(H3,15,16). The SMILES string of the molecule is COc1ccc(COc2ncccc2C(=N)N)cc1. The third-order valence-electron chi connectivity index (χ3n) is 2.60. The first-order chi connectivity index (χ1) is 9.20. The molecule has 0 fully saturated rings. The second-order valence-corrected chi connectivity index (χ2v) is 3.91. The molecule has 5 heteroatoms.